The molecule has 0 radical (unpaired) electrons. The maximum absolute atomic E-state index is 9.82. The molecule has 1 heterocycles. The predicted octanol–water partition coefficient (Wildman–Crippen LogP) is -0.466. The molecule has 0 amide bonds. The van der Waals surface area contributed by atoms with E-state index in [1.165, 1.54) is 13.1 Å². The Kier molecular flexibility index (Phi) is 4.91. The van der Waals surface area contributed by atoms with Crippen molar-refractivity contribution < 1.29 is 14.3 Å². The van der Waals surface area contributed by atoms with Gasteiger partial charge in [-0.05, 0) is 0 Å². The molecule has 0 aromatic carbocycles. The van der Waals surface area contributed by atoms with E-state index in [9.17, 15) is 4.79 Å². The van der Waals surface area contributed by atoms with E-state index in [0.29, 0.717) is 13.2 Å². The molecule has 0 aromatic rings. The van der Waals surface area contributed by atoms with E-state index in [4.69, 9.17) is 9.47 Å². The fraction of sp³-hybridized carbons (Fsp3) is 0.875. The molecule has 0 spiro atoms. The second kappa shape index (κ2) is 6.11. The molecule has 0 bridgehead atoms. The van der Waals surface area contributed by atoms with E-state index >= 15 is 0 Å². The average Bonchev–Trinajstić information content (AvgIpc) is 2.87. The van der Waals surface area contributed by atoms with E-state index in [-0.39, 0.29) is 6.61 Å². The molecule has 0 aromatic heterocycles. The normalized spacial score (nSPS) is 16.3. The standard InChI is InChI=1S/C8H15NO3/c10-4-6-12-8-7-11-5-3-9-1-2-9/h4H,1-3,5-8H2. The summed E-state index contributed by atoms with van der Waals surface area (Å²) >= 11 is 0. The lowest BCUT2D eigenvalue weighted by atomic mass is 10.6. The number of carbonyl (C=O) groups excluding carboxylic acids is 1. The molecule has 0 atom stereocenters. The molecule has 0 aliphatic carbocycles. The van der Waals surface area contributed by atoms with Gasteiger partial charge in [-0.2, -0.15) is 0 Å². The fourth-order valence-electron chi connectivity index (χ4n) is 0.839. The lowest BCUT2D eigenvalue weighted by molar-refractivity contribution is -0.112. The van der Waals surface area contributed by atoms with Gasteiger partial charge in [0.15, 0.2) is 0 Å². The molecule has 0 unspecified atom stereocenters. The van der Waals surface area contributed by atoms with Crippen molar-refractivity contribution in [3.8, 4) is 0 Å². The summed E-state index contributed by atoms with van der Waals surface area (Å²) in [5, 5.41) is 0. The van der Waals surface area contributed by atoms with Crippen molar-refractivity contribution in [3.63, 3.8) is 0 Å². The van der Waals surface area contributed by atoms with Crippen LogP contribution in [0.25, 0.3) is 0 Å². The van der Waals surface area contributed by atoms with Gasteiger partial charge in [-0.15, -0.1) is 0 Å². The van der Waals surface area contributed by atoms with Crippen molar-refractivity contribution in [1.82, 2.24) is 4.90 Å². The first-order valence-electron chi connectivity index (χ1n) is 4.25. The zero-order valence-corrected chi connectivity index (χ0v) is 7.20. The summed E-state index contributed by atoms with van der Waals surface area (Å²) in [5.74, 6) is 0. The highest BCUT2D eigenvalue weighted by molar-refractivity contribution is 5.50. The molecule has 1 aliphatic rings. The third kappa shape index (κ3) is 5.23. The summed E-state index contributed by atoms with van der Waals surface area (Å²) in [4.78, 5) is 12.1. The Morgan fingerprint density at radius 2 is 1.92 bits per heavy atom. The van der Waals surface area contributed by atoms with E-state index in [1.807, 2.05) is 0 Å². The van der Waals surface area contributed by atoms with Crippen molar-refractivity contribution in [3.05, 3.63) is 0 Å². The zero-order chi connectivity index (χ0) is 8.65. The smallest absolute Gasteiger partial charge is 0.145 e. The maximum atomic E-state index is 9.82. The first kappa shape index (κ1) is 9.64. The third-order valence-corrected chi connectivity index (χ3v) is 1.65. The highest BCUT2D eigenvalue weighted by Crippen LogP contribution is 2.00. The first-order chi connectivity index (χ1) is 5.93. The number of rotatable bonds is 8. The van der Waals surface area contributed by atoms with Crippen molar-refractivity contribution in [1.29, 1.82) is 0 Å². The highest BCUT2D eigenvalue weighted by atomic mass is 16.5. The molecule has 70 valence electrons. The van der Waals surface area contributed by atoms with E-state index in [0.717, 1.165) is 19.4 Å². The number of hydrogen-bond acceptors (Lipinski definition) is 4. The van der Waals surface area contributed by atoms with Gasteiger partial charge in [0.25, 0.3) is 0 Å². The van der Waals surface area contributed by atoms with Gasteiger partial charge in [-0.3, -0.25) is 4.90 Å². The number of nitrogens with zero attached hydrogens (tertiary/aromatic N) is 1. The van der Waals surface area contributed by atoms with Crippen LogP contribution in [0.3, 0.4) is 0 Å². The molecule has 1 fully saturated rings. The molecule has 12 heavy (non-hydrogen) atoms. The molecule has 4 nitrogen and oxygen atoms in total. The van der Waals surface area contributed by atoms with E-state index < -0.39 is 0 Å². The minimum absolute atomic E-state index is 0.176. The minimum Gasteiger partial charge on any atom is -0.378 e. The zero-order valence-electron chi connectivity index (χ0n) is 7.20. The Morgan fingerprint density at radius 3 is 2.58 bits per heavy atom. The SMILES string of the molecule is O=CCOCCOCCN1CC1. The monoisotopic (exact) mass is 173 g/mol. The second-order valence-corrected chi connectivity index (χ2v) is 2.70. The van der Waals surface area contributed by atoms with E-state index in [2.05, 4.69) is 4.90 Å². The molecule has 0 saturated carbocycles. The van der Waals surface area contributed by atoms with Gasteiger partial charge < -0.3 is 14.3 Å². The first-order valence-corrected chi connectivity index (χ1v) is 4.25. The van der Waals surface area contributed by atoms with Crippen LogP contribution in [0.5, 0.6) is 0 Å². The molecular weight excluding hydrogens is 158 g/mol. The van der Waals surface area contributed by atoms with Crippen molar-refractivity contribution >= 4 is 6.29 Å². The highest BCUT2D eigenvalue weighted by Gasteiger charge is 2.15. The third-order valence-electron chi connectivity index (χ3n) is 1.65. The van der Waals surface area contributed by atoms with Crippen LogP contribution in [-0.2, 0) is 14.3 Å². The molecular formula is C8H15NO3. The Balaban J connectivity index is 1.67. The van der Waals surface area contributed by atoms with Gasteiger partial charge in [0.05, 0.1) is 19.8 Å². The van der Waals surface area contributed by atoms with Crippen LogP contribution >= 0.6 is 0 Å². The van der Waals surface area contributed by atoms with Gasteiger partial charge in [-0.25, -0.2) is 0 Å². The van der Waals surface area contributed by atoms with E-state index in [1.54, 1.807) is 0 Å². The van der Waals surface area contributed by atoms with Crippen LogP contribution in [0.4, 0.5) is 0 Å². The Morgan fingerprint density at radius 1 is 1.17 bits per heavy atom. The fourth-order valence-corrected chi connectivity index (χ4v) is 0.839. The summed E-state index contributed by atoms with van der Waals surface area (Å²) in [6, 6.07) is 0. The Labute approximate surface area is 72.4 Å². The summed E-state index contributed by atoms with van der Waals surface area (Å²) in [7, 11) is 0. The summed E-state index contributed by atoms with van der Waals surface area (Å²) in [6.07, 6.45) is 0.746. The van der Waals surface area contributed by atoms with Crippen LogP contribution in [-0.4, -0.2) is 57.2 Å². The summed E-state index contributed by atoms with van der Waals surface area (Å²) < 4.78 is 10.1. The summed E-state index contributed by atoms with van der Waals surface area (Å²) in [5.41, 5.74) is 0. The van der Waals surface area contributed by atoms with Crippen LogP contribution in [0, 0.1) is 0 Å². The number of hydrogen-bond donors (Lipinski definition) is 0. The molecule has 0 N–H and O–H groups in total. The lowest BCUT2D eigenvalue weighted by Gasteiger charge is -2.03. The van der Waals surface area contributed by atoms with Gasteiger partial charge in [0.2, 0.25) is 0 Å². The second-order valence-electron chi connectivity index (χ2n) is 2.70. The average molecular weight is 173 g/mol. The van der Waals surface area contributed by atoms with Crippen molar-refractivity contribution in [2.45, 2.75) is 0 Å². The van der Waals surface area contributed by atoms with Crippen LogP contribution in [0.15, 0.2) is 0 Å². The lowest BCUT2D eigenvalue weighted by Crippen LogP contribution is -2.12. The molecule has 4 heteroatoms. The van der Waals surface area contributed by atoms with Gasteiger partial charge in [0.1, 0.15) is 12.9 Å². The van der Waals surface area contributed by atoms with Crippen LogP contribution in [0.1, 0.15) is 0 Å². The minimum atomic E-state index is 0.176. The number of ether oxygens (including phenoxy) is 2. The number of carbonyl (C=O) groups is 1. The molecule has 1 aliphatic heterocycles. The van der Waals surface area contributed by atoms with Crippen molar-refractivity contribution in [2.24, 2.45) is 0 Å². The van der Waals surface area contributed by atoms with Gasteiger partial charge >= 0.3 is 0 Å². The number of aldehydes is 1. The van der Waals surface area contributed by atoms with Crippen LogP contribution in [0.2, 0.25) is 0 Å². The topological polar surface area (TPSA) is 38.5 Å². The largest absolute Gasteiger partial charge is 0.378 e. The molecule has 1 saturated heterocycles. The van der Waals surface area contributed by atoms with Gasteiger partial charge in [0, 0.05) is 19.6 Å². The van der Waals surface area contributed by atoms with Gasteiger partial charge in [-0.1, -0.05) is 0 Å². The Bertz CT molecular complexity index is 125. The Hall–Kier alpha value is -0.450. The van der Waals surface area contributed by atoms with Crippen LogP contribution < -0.4 is 0 Å². The quantitative estimate of drug-likeness (QED) is 0.283. The summed E-state index contributed by atoms with van der Waals surface area (Å²) in [6.45, 7) is 5.49. The van der Waals surface area contributed by atoms with Crippen molar-refractivity contribution in [2.75, 3.05) is 46.1 Å². The predicted molar refractivity (Wildman–Crippen MR) is 44.1 cm³/mol. The molecule has 1 rings (SSSR count). The maximum Gasteiger partial charge on any atom is 0.145 e.